The smallest absolute Gasteiger partial charge is 0.265 e. The van der Waals surface area contributed by atoms with E-state index in [0.717, 1.165) is 0 Å². The molecule has 0 aliphatic heterocycles. The van der Waals surface area contributed by atoms with E-state index in [9.17, 15) is 16.8 Å². The number of hydrogen-bond acceptors (Lipinski definition) is 8. The monoisotopic (exact) mass is 478 g/mol. The third kappa shape index (κ3) is 5.26. The van der Waals surface area contributed by atoms with Gasteiger partial charge in [0.25, 0.3) is 20.0 Å². The van der Waals surface area contributed by atoms with Gasteiger partial charge in [-0.15, -0.1) is 0 Å². The molecule has 170 valence electrons. The molecule has 0 bridgehead atoms. The van der Waals surface area contributed by atoms with Crippen LogP contribution >= 0.6 is 0 Å². The van der Waals surface area contributed by atoms with Gasteiger partial charge >= 0.3 is 0 Å². The Labute approximate surface area is 186 Å². The fourth-order valence-electron chi connectivity index (χ4n) is 2.86. The van der Waals surface area contributed by atoms with Gasteiger partial charge in [-0.3, -0.25) is 4.72 Å². The highest BCUT2D eigenvalue weighted by Crippen LogP contribution is 2.30. The largest absolute Gasteiger partial charge is 0.497 e. The van der Waals surface area contributed by atoms with E-state index in [-0.39, 0.29) is 27.2 Å². The maximum absolute atomic E-state index is 12.8. The molecule has 0 radical (unpaired) electrons. The number of rotatable bonds is 8. The summed E-state index contributed by atoms with van der Waals surface area (Å²) in [6.45, 7) is 3.45. The summed E-state index contributed by atoms with van der Waals surface area (Å²) >= 11 is 0. The standard InChI is InChI=1S/C20H22N4O6S2/c1-13-11-14(2)22-20(21-13)24-31(25,26)17-8-5-15(6-9-17)23-32(27,28)19-12-16(29-3)7-10-18(19)30-4/h5-12,23H,1-4H3,(H,21,22,24). The predicted molar refractivity (Wildman–Crippen MR) is 119 cm³/mol. The van der Waals surface area contributed by atoms with Crippen LogP contribution in [-0.2, 0) is 20.0 Å². The van der Waals surface area contributed by atoms with Crippen LogP contribution < -0.4 is 18.9 Å². The van der Waals surface area contributed by atoms with Crippen molar-refractivity contribution in [1.29, 1.82) is 0 Å². The van der Waals surface area contributed by atoms with E-state index in [0.29, 0.717) is 17.1 Å². The molecule has 0 aliphatic carbocycles. The van der Waals surface area contributed by atoms with Crippen LogP contribution in [0.15, 0.2) is 58.3 Å². The second kappa shape index (κ2) is 9.01. The van der Waals surface area contributed by atoms with Crippen LogP contribution in [0.5, 0.6) is 11.5 Å². The molecule has 0 aliphatic rings. The molecule has 0 fully saturated rings. The number of ether oxygens (including phenoxy) is 2. The quantitative estimate of drug-likeness (QED) is 0.504. The Morgan fingerprint density at radius 3 is 1.94 bits per heavy atom. The molecule has 1 heterocycles. The fraction of sp³-hybridized carbons (Fsp3) is 0.200. The molecular weight excluding hydrogens is 456 g/mol. The van der Waals surface area contributed by atoms with Crippen LogP contribution in [0.4, 0.5) is 11.6 Å². The van der Waals surface area contributed by atoms with Crippen molar-refractivity contribution in [1.82, 2.24) is 9.97 Å². The summed E-state index contributed by atoms with van der Waals surface area (Å²) in [6, 6.07) is 11.3. The molecule has 0 saturated heterocycles. The number of aromatic nitrogens is 2. The molecule has 3 aromatic rings. The van der Waals surface area contributed by atoms with Crippen LogP contribution in [0.25, 0.3) is 0 Å². The third-order valence-electron chi connectivity index (χ3n) is 4.29. The van der Waals surface area contributed by atoms with Gasteiger partial charge in [-0.05, 0) is 56.3 Å². The lowest BCUT2D eigenvalue weighted by molar-refractivity contribution is 0.392. The van der Waals surface area contributed by atoms with Crippen molar-refractivity contribution in [2.75, 3.05) is 23.7 Å². The van der Waals surface area contributed by atoms with E-state index >= 15 is 0 Å². The molecule has 1 aromatic heterocycles. The highest BCUT2D eigenvalue weighted by atomic mass is 32.2. The second-order valence-electron chi connectivity index (χ2n) is 6.73. The first-order valence-corrected chi connectivity index (χ1v) is 12.2. The van der Waals surface area contributed by atoms with Crippen LogP contribution in [0.3, 0.4) is 0 Å². The van der Waals surface area contributed by atoms with Gasteiger partial charge < -0.3 is 9.47 Å². The maximum Gasteiger partial charge on any atom is 0.265 e. The van der Waals surface area contributed by atoms with E-state index in [1.54, 1.807) is 26.0 Å². The average Bonchev–Trinajstić information content (AvgIpc) is 2.72. The van der Waals surface area contributed by atoms with Gasteiger partial charge in [0, 0.05) is 23.1 Å². The highest BCUT2D eigenvalue weighted by molar-refractivity contribution is 7.93. The zero-order chi connectivity index (χ0) is 23.5. The highest BCUT2D eigenvalue weighted by Gasteiger charge is 2.22. The van der Waals surface area contributed by atoms with Gasteiger partial charge in [0.05, 0.1) is 19.1 Å². The van der Waals surface area contributed by atoms with E-state index in [1.165, 1.54) is 50.6 Å². The molecule has 12 heteroatoms. The predicted octanol–water partition coefficient (Wildman–Crippen LogP) is 2.71. The topological polar surface area (TPSA) is 137 Å². The first-order valence-electron chi connectivity index (χ1n) is 9.24. The summed E-state index contributed by atoms with van der Waals surface area (Å²) < 4.78 is 65.9. The van der Waals surface area contributed by atoms with Gasteiger partial charge in [0.1, 0.15) is 16.4 Å². The number of benzene rings is 2. The number of nitrogens with zero attached hydrogens (tertiary/aromatic N) is 2. The Bertz CT molecular complexity index is 1320. The number of sulfonamides is 2. The molecular formula is C20H22N4O6S2. The van der Waals surface area contributed by atoms with Crippen molar-refractivity contribution in [2.24, 2.45) is 0 Å². The summed E-state index contributed by atoms with van der Waals surface area (Å²) in [5, 5.41) is 0. The lowest BCUT2D eigenvalue weighted by atomic mass is 10.3. The Morgan fingerprint density at radius 2 is 1.38 bits per heavy atom. The number of aryl methyl sites for hydroxylation is 2. The molecule has 0 amide bonds. The molecule has 2 N–H and O–H groups in total. The second-order valence-corrected chi connectivity index (χ2v) is 10.1. The van der Waals surface area contributed by atoms with Gasteiger partial charge in [0.2, 0.25) is 5.95 Å². The van der Waals surface area contributed by atoms with Crippen LogP contribution in [-0.4, -0.2) is 41.0 Å². The maximum atomic E-state index is 12.8. The Hall–Kier alpha value is -3.38. The number of methoxy groups -OCH3 is 2. The number of nitrogens with one attached hydrogen (secondary N) is 2. The summed E-state index contributed by atoms with van der Waals surface area (Å²) in [6.07, 6.45) is 0. The average molecular weight is 479 g/mol. The van der Waals surface area contributed by atoms with Crippen molar-refractivity contribution in [3.63, 3.8) is 0 Å². The summed E-state index contributed by atoms with van der Waals surface area (Å²) in [5.41, 5.74) is 1.40. The minimum absolute atomic E-state index is 0.0441. The molecule has 32 heavy (non-hydrogen) atoms. The fourth-order valence-corrected chi connectivity index (χ4v) is 5.04. The number of hydrogen-bond donors (Lipinski definition) is 2. The van der Waals surface area contributed by atoms with Gasteiger partial charge in [-0.2, -0.15) is 0 Å². The molecule has 0 atom stereocenters. The third-order valence-corrected chi connectivity index (χ3v) is 7.03. The van der Waals surface area contributed by atoms with Crippen molar-refractivity contribution in [3.8, 4) is 11.5 Å². The molecule has 0 spiro atoms. The SMILES string of the molecule is COc1ccc(OC)c(S(=O)(=O)Nc2ccc(S(=O)(=O)Nc3nc(C)cc(C)n3)cc2)c1. The zero-order valence-electron chi connectivity index (χ0n) is 17.8. The lowest BCUT2D eigenvalue weighted by Crippen LogP contribution is -2.16. The van der Waals surface area contributed by atoms with Gasteiger partial charge in [-0.25, -0.2) is 31.5 Å². The Morgan fingerprint density at radius 1 is 0.750 bits per heavy atom. The Balaban J connectivity index is 1.84. The minimum atomic E-state index is -4.04. The molecule has 0 unspecified atom stereocenters. The molecule has 3 rings (SSSR count). The summed E-state index contributed by atoms with van der Waals surface area (Å²) in [4.78, 5) is 7.92. The summed E-state index contributed by atoms with van der Waals surface area (Å²) in [5.74, 6) is 0.430. The van der Waals surface area contributed by atoms with Crippen molar-refractivity contribution >= 4 is 31.7 Å². The van der Waals surface area contributed by atoms with Gasteiger partial charge in [-0.1, -0.05) is 0 Å². The van der Waals surface area contributed by atoms with E-state index in [2.05, 4.69) is 19.4 Å². The molecule has 2 aromatic carbocycles. The van der Waals surface area contributed by atoms with E-state index in [1.807, 2.05) is 0 Å². The Kier molecular flexibility index (Phi) is 6.55. The zero-order valence-corrected chi connectivity index (χ0v) is 19.4. The van der Waals surface area contributed by atoms with Crippen molar-refractivity contribution in [3.05, 3.63) is 59.9 Å². The van der Waals surface area contributed by atoms with Crippen LogP contribution in [0, 0.1) is 13.8 Å². The van der Waals surface area contributed by atoms with Gasteiger partial charge in [0.15, 0.2) is 0 Å². The van der Waals surface area contributed by atoms with Crippen molar-refractivity contribution < 1.29 is 26.3 Å². The van der Waals surface area contributed by atoms with Crippen LogP contribution in [0.1, 0.15) is 11.4 Å². The summed E-state index contributed by atoms with van der Waals surface area (Å²) in [7, 11) is -5.23. The van der Waals surface area contributed by atoms with Crippen LogP contribution in [0.2, 0.25) is 0 Å². The van der Waals surface area contributed by atoms with E-state index < -0.39 is 20.0 Å². The molecule has 0 saturated carbocycles. The van der Waals surface area contributed by atoms with Crippen molar-refractivity contribution in [2.45, 2.75) is 23.6 Å². The van der Waals surface area contributed by atoms with E-state index in [4.69, 9.17) is 9.47 Å². The number of anilines is 2. The molecule has 10 nitrogen and oxygen atoms in total. The normalized spacial score (nSPS) is 11.6. The first-order chi connectivity index (χ1) is 15.0. The first kappa shape index (κ1) is 23.3. The lowest BCUT2D eigenvalue weighted by Gasteiger charge is -2.13. The minimum Gasteiger partial charge on any atom is -0.497 e.